The summed E-state index contributed by atoms with van der Waals surface area (Å²) in [6.45, 7) is 5.99. The highest BCUT2D eigenvalue weighted by molar-refractivity contribution is 7.18. The summed E-state index contributed by atoms with van der Waals surface area (Å²) in [5.41, 5.74) is -0.0722. The number of aromatic nitrogens is 1. The molecule has 1 heterocycles. The van der Waals surface area contributed by atoms with Crippen LogP contribution in [-0.4, -0.2) is 22.4 Å². The lowest BCUT2D eigenvalue weighted by atomic mass is 9.82. The molecule has 140 valence electrons. The Morgan fingerprint density at radius 3 is 2.58 bits per heavy atom. The molecule has 1 amide bonds. The van der Waals surface area contributed by atoms with E-state index < -0.39 is 5.41 Å². The summed E-state index contributed by atoms with van der Waals surface area (Å²) in [5, 5.41) is 3.74. The Balaban J connectivity index is 1.65. The third-order valence-corrected chi connectivity index (χ3v) is 5.68. The topological polar surface area (TPSA) is 68.3 Å². The smallest absolute Gasteiger partial charge is 0.313 e. The number of esters is 1. The molecule has 0 atom stereocenters. The molecule has 1 aliphatic rings. The molecule has 1 saturated carbocycles. The first kappa shape index (κ1) is 18.8. The molecule has 0 spiro atoms. The molecule has 6 heteroatoms. The molecule has 1 aromatic heterocycles. The molecular formula is C20H26N2O3S. The van der Waals surface area contributed by atoms with Crippen molar-refractivity contribution in [2.75, 3.05) is 0 Å². The number of ether oxygens (including phenoxy) is 1. The van der Waals surface area contributed by atoms with Crippen molar-refractivity contribution in [1.29, 1.82) is 0 Å². The van der Waals surface area contributed by atoms with Crippen LogP contribution >= 0.6 is 11.3 Å². The Hall–Kier alpha value is -1.95. The van der Waals surface area contributed by atoms with E-state index in [-0.39, 0.29) is 30.4 Å². The van der Waals surface area contributed by atoms with E-state index in [1.807, 2.05) is 45.0 Å². The number of para-hydroxylation sites is 1. The second-order valence-electron chi connectivity index (χ2n) is 8.11. The third-order valence-electron chi connectivity index (χ3n) is 4.67. The highest BCUT2D eigenvalue weighted by Gasteiger charge is 2.44. The lowest BCUT2D eigenvalue weighted by Crippen LogP contribution is -2.44. The number of hydrogen-bond acceptors (Lipinski definition) is 5. The van der Waals surface area contributed by atoms with Crippen molar-refractivity contribution in [3.63, 3.8) is 0 Å². The Kier molecular flexibility index (Phi) is 5.32. The van der Waals surface area contributed by atoms with Crippen LogP contribution in [0.3, 0.4) is 0 Å². The van der Waals surface area contributed by atoms with E-state index in [4.69, 9.17) is 4.74 Å². The van der Waals surface area contributed by atoms with Crippen LogP contribution in [0.2, 0.25) is 0 Å². The predicted molar refractivity (Wildman–Crippen MR) is 103 cm³/mol. The van der Waals surface area contributed by atoms with Crippen molar-refractivity contribution >= 4 is 33.4 Å². The van der Waals surface area contributed by atoms with Gasteiger partial charge in [0.1, 0.15) is 11.6 Å². The molecule has 0 radical (unpaired) electrons. The molecule has 0 aliphatic heterocycles. The Morgan fingerprint density at radius 1 is 1.23 bits per heavy atom. The van der Waals surface area contributed by atoms with Crippen molar-refractivity contribution in [3.8, 4) is 0 Å². The fourth-order valence-corrected chi connectivity index (χ4v) is 4.42. The maximum atomic E-state index is 12.8. The Morgan fingerprint density at radius 2 is 1.92 bits per heavy atom. The van der Waals surface area contributed by atoms with Crippen molar-refractivity contribution in [2.24, 2.45) is 5.41 Å². The summed E-state index contributed by atoms with van der Waals surface area (Å²) in [6.07, 6.45) is 3.54. The second kappa shape index (κ2) is 7.35. The van der Waals surface area contributed by atoms with E-state index in [0.717, 1.165) is 28.1 Å². The van der Waals surface area contributed by atoms with Gasteiger partial charge in [-0.1, -0.05) is 25.0 Å². The van der Waals surface area contributed by atoms with Crippen LogP contribution < -0.4 is 5.32 Å². The zero-order valence-corrected chi connectivity index (χ0v) is 16.4. The number of thiazole rings is 1. The van der Waals surface area contributed by atoms with Gasteiger partial charge in [0.05, 0.1) is 15.6 Å². The fraction of sp³-hybridized carbons (Fsp3) is 0.550. The molecule has 2 aromatic rings. The summed E-state index contributed by atoms with van der Waals surface area (Å²) < 4.78 is 6.69. The lowest BCUT2D eigenvalue weighted by molar-refractivity contribution is -0.159. The quantitative estimate of drug-likeness (QED) is 0.796. The molecule has 1 N–H and O–H groups in total. The first-order chi connectivity index (χ1) is 12.3. The van der Waals surface area contributed by atoms with Gasteiger partial charge in [-0.2, -0.15) is 0 Å². The van der Waals surface area contributed by atoms with Gasteiger partial charge in [-0.05, 0) is 45.7 Å². The number of carbonyl (C=O) groups excluding carboxylic acids is 2. The van der Waals surface area contributed by atoms with Crippen LogP contribution in [0.25, 0.3) is 10.2 Å². The first-order valence-electron chi connectivity index (χ1n) is 9.10. The van der Waals surface area contributed by atoms with Crippen LogP contribution in [-0.2, 0) is 20.9 Å². The average Bonchev–Trinajstić information content (AvgIpc) is 3.17. The average molecular weight is 375 g/mol. The number of amides is 1. The van der Waals surface area contributed by atoms with Crippen LogP contribution in [0.15, 0.2) is 24.3 Å². The summed E-state index contributed by atoms with van der Waals surface area (Å²) in [5.74, 6) is -0.352. The molecule has 0 unspecified atom stereocenters. The number of rotatable bonds is 5. The highest BCUT2D eigenvalue weighted by Crippen LogP contribution is 2.42. The monoisotopic (exact) mass is 374 g/mol. The number of benzene rings is 1. The standard InChI is InChI=1S/C20H26N2O3S/c1-19(2,3)22-16(23)12-20(10-6-7-11-20)18(24)25-13-17-21-14-8-4-5-9-15(14)26-17/h4-5,8-9H,6-7,10-13H2,1-3H3,(H,22,23). The van der Waals surface area contributed by atoms with Crippen molar-refractivity contribution in [2.45, 2.75) is 65.0 Å². The zero-order chi connectivity index (χ0) is 18.8. The molecule has 1 fully saturated rings. The van der Waals surface area contributed by atoms with E-state index in [1.54, 1.807) is 0 Å². The van der Waals surface area contributed by atoms with Crippen LogP contribution in [0.4, 0.5) is 0 Å². The van der Waals surface area contributed by atoms with Crippen molar-refractivity contribution in [3.05, 3.63) is 29.3 Å². The van der Waals surface area contributed by atoms with Gasteiger partial charge in [-0.15, -0.1) is 11.3 Å². The molecule has 1 aliphatic carbocycles. The van der Waals surface area contributed by atoms with Crippen LogP contribution in [0.1, 0.15) is 57.9 Å². The predicted octanol–water partition coefficient (Wildman–Crippen LogP) is 4.20. The van der Waals surface area contributed by atoms with Gasteiger partial charge in [0, 0.05) is 12.0 Å². The summed E-state index contributed by atoms with van der Waals surface area (Å²) in [4.78, 5) is 29.7. The van der Waals surface area contributed by atoms with E-state index in [9.17, 15) is 9.59 Å². The van der Waals surface area contributed by atoms with Crippen molar-refractivity contribution < 1.29 is 14.3 Å². The minimum atomic E-state index is -0.688. The minimum Gasteiger partial charge on any atom is -0.458 e. The Labute approximate surface area is 158 Å². The fourth-order valence-electron chi connectivity index (χ4n) is 3.54. The van der Waals surface area contributed by atoms with Gasteiger partial charge >= 0.3 is 5.97 Å². The molecule has 5 nitrogen and oxygen atoms in total. The summed E-state index contributed by atoms with van der Waals surface area (Å²) in [7, 11) is 0. The van der Waals surface area contributed by atoms with Gasteiger partial charge in [0.2, 0.25) is 5.91 Å². The number of nitrogens with zero attached hydrogens (tertiary/aromatic N) is 1. The third kappa shape index (κ3) is 4.41. The van der Waals surface area contributed by atoms with Gasteiger partial charge in [0.15, 0.2) is 0 Å². The normalized spacial score (nSPS) is 16.6. The van der Waals surface area contributed by atoms with E-state index >= 15 is 0 Å². The number of fused-ring (bicyclic) bond motifs is 1. The SMILES string of the molecule is CC(C)(C)NC(=O)CC1(C(=O)OCc2nc3ccccc3s2)CCCC1. The molecule has 26 heavy (non-hydrogen) atoms. The maximum absolute atomic E-state index is 12.8. The van der Waals surface area contributed by atoms with Crippen LogP contribution in [0, 0.1) is 5.41 Å². The van der Waals surface area contributed by atoms with Gasteiger partial charge in [0.25, 0.3) is 0 Å². The van der Waals surface area contributed by atoms with Gasteiger partial charge in [-0.3, -0.25) is 9.59 Å². The van der Waals surface area contributed by atoms with E-state index in [0.29, 0.717) is 12.8 Å². The lowest BCUT2D eigenvalue weighted by Gasteiger charge is -2.28. The van der Waals surface area contributed by atoms with Gasteiger partial charge < -0.3 is 10.1 Å². The van der Waals surface area contributed by atoms with Crippen molar-refractivity contribution in [1.82, 2.24) is 10.3 Å². The summed E-state index contributed by atoms with van der Waals surface area (Å²) in [6, 6.07) is 7.87. The molecular weight excluding hydrogens is 348 g/mol. The zero-order valence-electron chi connectivity index (χ0n) is 15.6. The van der Waals surface area contributed by atoms with E-state index in [2.05, 4.69) is 10.3 Å². The maximum Gasteiger partial charge on any atom is 0.313 e. The van der Waals surface area contributed by atoms with Gasteiger partial charge in [-0.25, -0.2) is 4.98 Å². The Bertz CT molecular complexity index is 768. The minimum absolute atomic E-state index is 0.0867. The molecule has 3 rings (SSSR count). The number of carbonyl (C=O) groups is 2. The molecule has 0 bridgehead atoms. The largest absolute Gasteiger partial charge is 0.458 e. The number of nitrogens with one attached hydrogen (secondary N) is 1. The summed E-state index contributed by atoms with van der Waals surface area (Å²) >= 11 is 1.53. The molecule has 0 saturated heterocycles. The van der Waals surface area contributed by atoms with E-state index in [1.165, 1.54) is 11.3 Å². The first-order valence-corrected chi connectivity index (χ1v) is 9.92. The highest BCUT2D eigenvalue weighted by atomic mass is 32.1. The van der Waals surface area contributed by atoms with Crippen LogP contribution in [0.5, 0.6) is 0 Å². The molecule has 1 aromatic carbocycles. The second-order valence-corrected chi connectivity index (χ2v) is 9.23. The number of hydrogen-bond donors (Lipinski definition) is 1.